The smallest absolute Gasteiger partial charge is 0.333 e. The first-order chi connectivity index (χ1) is 15.3. The molecule has 0 unspecified atom stereocenters. The van der Waals surface area contributed by atoms with Gasteiger partial charge in [-0.2, -0.15) is 5.10 Å². The van der Waals surface area contributed by atoms with Crippen LogP contribution in [0, 0.1) is 5.92 Å². The number of anilines is 1. The van der Waals surface area contributed by atoms with Gasteiger partial charge in [-0.15, -0.1) is 0 Å². The second kappa shape index (κ2) is 8.08. The summed E-state index contributed by atoms with van der Waals surface area (Å²) >= 11 is 0. The van der Waals surface area contributed by atoms with Crippen LogP contribution >= 0.6 is 0 Å². The molecule has 0 saturated carbocycles. The highest BCUT2D eigenvalue weighted by atomic mass is 32.2. The summed E-state index contributed by atoms with van der Waals surface area (Å²) in [5, 5.41) is 7.06. The summed E-state index contributed by atoms with van der Waals surface area (Å²) in [6.45, 7) is 1.78. The second-order valence-corrected chi connectivity index (χ2v) is 10.9. The summed E-state index contributed by atoms with van der Waals surface area (Å²) in [5.74, 6) is 0.397. The number of hydrogen-bond donors (Lipinski definition) is 2. The molecule has 1 aliphatic heterocycles. The lowest BCUT2D eigenvalue weighted by Gasteiger charge is -2.26. The summed E-state index contributed by atoms with van der Waals surface area (Å²) in [4.78, 5) is 14.7. The van der Waals surface area contributed by atoms with Crippen LogP contribution in [0.15, 0.2) is 17.2 Å². The van der Waals surface area contributed by atoms with Crippen LogP contribution in [0.25, 0.3) is 0 Å². The van der Waals surface area contributed by atoms with Gasteiger partial charge in [-0.05, 0) is 74.9 Å². The molecular formula is C22H29N5O4S. The highest BCUT2D eigenvalue weighted by molar-refractivity contribution is 7.90. The molecule has 3 aliphatic rings. The fraction of sp³-hybridized carbons (Fsp3) is 0.545. The maximum absolute atomic E-state index is 13.0. The summed E-state index contributed by atoms with van der Waals surface area (Å²) in [6.07, 6.45) is 7.19. The molecule has 1 aromatic carbocycles. The number of sulfonamides is 1. The van der Waals surface area contributed by atoms with Crippen molar-refractivity contribution < 1.29 is 17.9 Å². The first-order valence-corrected chi connectivity index (χ1v) is 12.6. The molecule has 5 rings (SSSR count). The molecule has 2 heterocycles. The third-order valence-corrected chi connectivity index (χ3v) is 7.81. The molecule has 1 atom stereocenters. The zero-order valence-corrected chi connectivity index (χ0v) is 19.3. The van der Waals surface area contributed by atoms with Gasteiger partial charge in [-0.1, -0.05) is 6.07 Å². The van der Waals surface area contributed by atoms with Gasteiger partial charge in [0.2, 0.25) is 5.88 Å². The van der Waals surface area contributed by atoms with E-state index in [9.17, 15) is 13.2 Å². The Morgan fingerprint density at radius 3 is 2.53 bits per heavy atom. The van der Waals surface area contributed by atoms with Crippen LogP contribution in [0.1, 0.15) is 35.1 Å². The first-order valence-electron chi connectivity index (χ1n) is 11.2. The van der Waals surface area contributed by atoms with Gasteiger partial charge in [0.25, 0.3) is 10.0 Å². The van der Waals surface area contributed by atoms with Gasteiger partial charge in [0.05, 0.1) is 19.3 Å². The summed E-state index contributed by atoms with van der Waals surface area (Å²) in [6, 6.07) is 1.52. The number of nitrogens with zero attached hydrogens (tertiary/aromatic N) is 3. The summed E-state index contributed by atoms with van der Waals surface area (Å²) < 4.78 is 35.4. The van der Waals surface area contributed by atoms with E-state index in [-0.39, 0.29) is 16.7 Å². The maximum Gasteiger partial charge on any atom is 0.333 e. The predicted molar refractivity (Wildman–Crippen MR) is 120 cm³/mol. The van der Waals surface area contributed by atoms with Gasteiger partial charge in [-0.25, -0.2) is 22.6 Å². The van der Waals surface area contributed by atoms with E-state index in [0.717, 1.165) is 61.9 Å². The van der Waals surface area contributed by atoms with Crippen LogP contribution < -0.4 is 14.8 Å². The fourth-order valence-electron chi connectivity index (χ4n) is 5.22. The van der Waals surface area contributed by atoms with E-state index in [4.69, 9.17) is 4.74 Å². The fourth-order valence-corrected chi connectivity index (χ4v) is 6.21. The van der Waals surface area contributed by atoms with Gasteiger partial charge in [0.1, 0.15) is 0 Å². The lowest BCUT2D eigenvalue weighted by atomic mass is 9.99. The quantitative estimate of drug-likeness (QED) is 0.708. The minimum absolute atomic E-state index is 0.112. The number of ether oxygens (including phenoxy) is 1. The standard InChI is InChI=1S/C22H29N5O4S/c1-26(2)11-14-12-27-21(31-13-14)19(10-23-27)32(29,30)25-22(28)24-20-17-7-3-5-15(17)9-16-6-4-8-18(16)20/h9-10,14H,3-8,11-13H2,1-2H3,(H2,24,25,28)/t14-/m1/s1. The molecule has 172 valence electrons. The molecule has 2 aliphatic carbocycles. The van der Waals surface area contributed by atoms with Crippen molar-refractivity contribution >= 4 is 21.7 Å². The van der Waals surface area contributed by atoms with Crippen molar-refractivity contribution in [1.29, 1.82) is 0 Å². The molecule has 0 bridgehead atoms. The topological polar surface area (TPSA) is 106 Å². The normalized spacial score (nSPS) is 19.3. The predicted octanol–water partition coefficient (Wildman–Crippen LogP) is 1.94. The molecule has 1 aromatic heterocycles. The highest BCUT2D eigenvalue weighted by Gasteiger charge is 2.32. The molecule has 10 heteroatoms. The largest absolute Gasteiger partial charge is 0.476 e. The number of hydrogen-bond acceptors (Lipinski definition) is 6. The van der Waals surface area contributed by atoms with Gasteiger partial charge < -0.3 is 15.0 Å². The molecule has 0 fully saturated rings. The van der Waals surface area contributed by atoms with Crippen molar-refractivity contribution in [3.63, 3.8) is 0 Å². The minimum Gasteiger partial charge on any atom is -0.476 e. The van der Waals surface area contributed by atoms with E-state index in [2.05, 4.69) is 26.1 Å². The van der Waals surface area contributed by atoms with Crippen molar-refractivity contribution in [3.8, 4) is 5.88 Å². The van der Waals surface area contributed by atoms with E-state index in [0.29, 0.717) is 13.2 Å². The van der Waals surface area contributed by atoms with Crippen molar-refractivity contribution in [1.82, 2.24) is 19.4 Å². The van der Waals surface area contributed by atoms with Crippen molar-refractivity contribution in [2.75, 3.05) is 32.6 Å². The van der Waals surface area contributed by atoms with Crippen molar-refractivity contribution in [2.45, 2.75) is 50.0 Å². The SMILES string of the molecule is CN(C)C[C@H]1COc2c(S(=O)(=O)NC(=O)Nc3c4c(cc5c3CCC5)CCC4)cnn2C1. The Morgan fingerprint density at radius 2 is 1.88 bits per heavy atom. The van der Waals surface area contributed by atoms with E-state index in [1.165, 1.54) is 17.3 Å². The van der Waals surface area contributed by atoms with E-state index >= 15 is 0 Å². The van der Waals surface area contributed by atoms with Crippen LogP contribution in [0.5, 0.6) is 5.88 Å². The first kappa shape index (κ1) is 21.3. The molecule has 2 aromatic rings. The van der Waals surface area contributed by atoms with E-state index in [1.807, 2.05) is 14.1 Å². The zero-order chi connectivity index (χ0) is 22.5. The number of urea groups is 1. The van der Waals surface area contributed by atoms with Gasteiger partial charge in [0.15, 0.2) is 4.90 Å². The maximum atomic E-state index is 13.0. The molecule has 0 radical (unpaired) electrons. The number of nitrogens with one attached hydrogen (secondary N) is 2. The third kappa shape index (κ3) is 3.86. The number of amides is 2. The van der Waals surface area contributed by atoms with Crippen molar-refractivity contribution in [3.05, 3.63) is 34.5 Å². The number of aryl methyl sites for hydroxylation is 2. The van der Waals surface area contributed by atoms with Crippen LogP contribution in [-0.2, 0) is 42.3 Å². The minimum atomic E-state index is -4.13. The number of carbonyl (C=O) groups is 1. The van der Waals surface area contributed by atoms with Gasteiger partial charge >= 0.3 is 6.03 Å². The van der Waals surface area contributed by atoms with Gasteiger partial charge in [0, 0.05) is 18.2 Å². The van der Waals surface area contributed by atoms with Gasteiger partial charge in [-0.3, -0.25) is 0 Å². The number of rotatable bonds is 5. The Hall–Kier alpha value is -2.59. The van der Waals surface area contributed by atoms with Crippen LogP contribution in [0.3, 0.4) is 0 Å². The van der Waals surface area contributed by atoms with Crippen LogP contribution in [0.4, 0.5) is 10.5 Å². The van der Waals surface area contributed by atoms with E-state index < -0.39 is 16.1 Å². The number of carbonyl (C=O) groups excluding carboxylic acids is 1. The van der Waals surface area contributed by atoms with Crippen LogP contribution in [0.2, 0.25) is 0 Å². The average Bonchev–Trinajstić information content (AvgIpc) is 3.45. The Bertz CT molecular complexity index is 1140. The summed E-state index contributed by atoms with van der Waals surface area (Å²) in [5.41, 5.74) is 5.65. The Labute approximate surface area is 188 Å². The van der Waals surface area contributed by atoms with Crippen LogP contribution in [-0.4, -0.2) is 56.4 Å². The molecule has 9 nitrogen and oxygen atoms in total. The molecule has 2 amide bonds. The Morgan fingerprint density at radius 1 is 1.19 bits per heavy atom. The molecule has 32 heavy (non-hydrogen) atoms. The average molecular weight is 460 g/mol. The summed E-state index contributed by atoms with van der Waals surface area (Å²) in [7, 11) is -0.166. The molecule has 0 saturated heterocycles. The number of aromatic nitrogens is 2. The molecular weight excluding hydrogens is 430 g/mol. The van der Waals surface area contributed by atoms with E-state index in [1.54, 1.807) is 4.68 Å². The Kier molecular flexibility index (Phi) is 5.37. The second-order valence-electron chi connectivity index (χ2n) is 9.23. The molecule has 2 N–H and O–H groups in total. The third-order valence-electron chi connectivity index (χ3n) is 6.50. The highest BCUT2D eigenvalue weighted by Crippen LogP contribution is 2.38. The Balaban J connectivity index is 1.34. The monoisotopic (exact) mass is 459 g/mol. The zero-order valence-electron chi connectivity index (χ0n) is 18.5. The number of fused-ring (bicyclic) bond motifs is 3. The number of benzene rings is 1. The van der Waals surface area contributed by atoms with Crippen molar-refractivity contribution in [2.24, 2.45) is 5.92 Å². The lowest BCUT2D eigenvalue weighted by molar-refractivity contribution is 0.136. The lowest BCUT2D eigenvalue weighted by Crippen LogP contribution is -2.36. The molecule has 0 spiro atoms.